The van der Waals surface area contributed by atoms with Crippen molar-refractivity contribution in [2.45, 2.75) is 25.7 Å². The maximum Gasteiger partial charge on any atom is 0.0175 e. The van der Waals surface area contributed by atoms with Gasteiger partial charge in [0.25, 0.3) is 0 Å². The maximum absolute atomic E-state index is 3.48. The van der Waals surface area contributed by atoms with Gasteiger partial charge in [0.2, 0.25) is 0 Å². The van der Waals surface area contributed by atoms with E-state index in [-0.39, 0.29) is 0 Å². The number of hydrogen-bond donors (Lipinski definition) is 1. The fourth-order valence-corrected chi connectivity index (χ4v) is 2.52. The van der Waals surface area contributed by atoms with Crippen molar-refractivity contribution in [1.82, 2.24) is 5.32 Å². The van der Waals surface area contributed by atoms with E-state index in [1.54, 1.807) is 0 Å². The fraction of sp³-hybridized carbons (Fsp3) is 0.538. The molecule has 0 aromatic heterocycles. The second kappa shape index (κ2) is 4.26. The van der Waals surface area contributed by atoms with E-state index in [0.29, 0.717) is 5.41 Å². The van der Waals surface area contributed by atoms with Gasteiger partial charge >= 0.3 is 0 Å². The Morgan fingerprint density at radius 1 is 1.40 bits per heavy atom. The first-order valence-electron chi connectivity index (χ1n) is 5.63. The molecule has 1 aromatic carbocycles. The van der Waals surface area contributed by atoms with Gasteiger partial charge in [0.1, 0.15) is 0 Å². The van der Waals surface area contributed by atoms with Crippen molar-refractivity contribution in [3.05, 3.63) is 34.3 Å². The normalized spacial score (nSPS) is 29.1. The van der Waals surface area contributed by atoms with Crippen molar-refractivity contribution in [3.8, 4) is 0 Å². The van der Waals surface area contributed by atoms with Gasteiger partial charge in [-0.2, -0.15) is 0 Å². The summed E-state index contributed by atoms with van der Waals surface area (Å²) in [7, 11) is 0. The third-order valence-corrected chi connectivity index (χ3v) is 4.08. The molecular formula is C13H18BrN. The quantitative estimate of drug-likeness (QED) is 0.883. The highest BCUT2D eigenvalue weighted by molar-refractivity contribution is 9.10. The van der Waals surface area contributed by atoms with Gasteiger partial charge in [0, 0.05) is 4.47 Å². The van der Waals surface area contributed by atoms with Crippen LogP contribution < -0.4 is 5.32 Å². The van der Waals surface area contributed by atoms with Gasteiger partial charge in [-0.1, -0.05) is 41.9 Å². The minimum Gasteiger partial charge on any atom is -0.317 e. The third kappa shape index (κ3) is 2.26. The van der Waals surface area contributed by atoms with Gasteiger partial charge in [0.15, 0.2) is 0 Å². The zero-order chi connectivity index (χ0) is 10.9. The highest BCUT2D eigenvalue weighted by Gasteiger charge is 2.50. The smallest absolute Gasteiger partial charge is 0.0175 e. The topological polar surface area (TPSA) is 12.0 Å². The van der Waals surface area contributed by atoms with Crippen LogP contribution in [0.3, 0.4) is 0 Å². The summed E-state index contributed by atoms with van der Waals surface area (Å²) in [6, 6.07) is 8.78. The summed E-state index contributed by atoms with van der Waals surface area (Å²) >= 11 is 3.48. The standard InChI is InChI=1S/C13H18BrN/c1-3-15-9-11-8-13(11,2)10-4-6-12(14)7-5-10/h4-7,11,15H,3,8-9H2,1-2H3. The van der Waals surface area contributed by atoms with E-state index in [2.05, 4.69) is 59.4 Å². The van der Waals surface area contributed by atoms with Crippen LogP contribution in [0.4, 0.5) is 0 Å². The molecule has 2 heteroatoms. The third-order valence-electron chi connectivity index (χ3n) is 3.56. The molecule has 1 aliphatic rings. The van der Waals surface area contributed by atoms with Crippen LogP contribution in [0.2, 0.25) is 0 Å². The zero-order valence-electron chi connectivity index (χ0n) is 9.39. The molecule has 2 atom stereocenters. The van der Waals surface area contributed by atoms with Crippen LogP contribution in [0.15, 0.2) is 28.7 Å². The fourth-order valence-electron chi connectivity index (χ4n) is 2.25. The van der Waals surface area contributed by atoms with Crippen LogP contribution in [-0.2, 0) is 5.41 Å². The molecule has 82 valence electrons. The van der Waals surface area contributed by atoms with Gasteiger partial charge < -0.3 is 5.32 Å². The molecule has 1 saturated carbocycles. The summed E-state index contributed by atoms with van der Waals surface area (Å²) in [4.78, 5) is 0. The Balaban J connectivity index is 2.03. The van der Waals surface area contributed by atoms with Crippen LogP contribution >= 0.6 is 15.9 Å². The van der Waals surface area contributed by atoms with Gasteiger partial charge in [0.05, 0.1) is 0 Å². The molecule has 0 aliphatic heterocycles. The molecule has 1 fully saturated rings. The first kappa shape index (κ1) is 11.2. The SMILES string of the molecule is CCNCC1CC1(C)c1ccc(Br)cc1. The Hall–Kier alpha value is -0.340. The van der Waals surface area contributed by atoms with E-state index < -0.39 is 0 Å². The van der Waals surface area contributed by atoms with E-state index in [9.17, 15) is 0 Å². The number of nitrogens with one attached hydrogen (secondary N) is 1. The molecule has 1 aliphatic carbocycles. The summed E-state index contributed by atoms with van der Waals surface area (Å²) < 4.78 is 1.17. The Morgan fingerprint density at radius 3 is 2.67 bits per heavy atom. The molecule has 2 rings (SSSR count). The van der Waals surface area contributed by atoms with Gasteiger partial charge in [-0.3, -0.25) is 0 Å². The van der Waals surface area contributed by atoms with Gasteiger partial charge in [-0.05, 0) is 48.5 Å². The molecular weight excluding hydrogens is 250 g/mol. The minimum absolute atomic E-state index is 0.420. The van der Waals surface area contributed by atoms with Crippen LogP contribution in [0.25, 0.3) is 0 Å². The molecule has 1 nitrogen and oxygen atoms in total. The summed E-state index contributed by atoms with van der Waals surface area (Å²) in [5, 5.41) is 3.44. The van der Waals surface area contributed by atoms with Crippen molar-refractivity contribution >= 4 is 15.9 Å². The van der Waals surface area contributed by atoms with E-state index in [1.807, 2.05) is 0 Å². The largest absolute Gasteiger partial charge is 0.317 e. The lowest BCUT2D eigenvalue weighted by molar-refractivity contribution is 0.591. The number of hydrogen-bond acceptors (Lipinski definition) is 1. The van der Waals surface area contributed by atoms with Crippen LogP contribution in [0.5, 0.6) is 0 Å². The van der Waals surface area contributed by atoms with Gasteiger partial charge in [-0.15, -0.1) is 0 Å². The lowest BCUT2D eigenvalue weighted by atomic mass is 9.95. The Labute approximate surface area is 100 Å². The number of benzene rings is 1. The molecule has 1 aromatic rings. The Morgan fingerprint density at radius 2 is 2.07 bits per heavy atom. The van der Waals surface area contributed by atoms with Crippen molar-refractivity contribution in [1.29, 1.82) is 0 Å². The Kier molecular flexibility index (Phi) is 3.17. The van der Waals surface area contributed by atoms with Crippen LogP contribution in [-0.4, -0.2) is 13.1 Å². The summed E-state index contributed by atoms with van der Waals surface area (Å²) in [6.07, 6.45) is 1.32. The second-order valence-corrected chi connectivity index (χ2v) is 5.55. The molecule has 0 heterocycles. The number of halogens is 1. The molecule has 0 bridgehead atoms. The second-order valence-electron chi connectivity index (χ2n) is 4.63. The summed E-state index contributed by atoms with van der Waals surface area (Å²) in [5.41, 5.74) is 1.90. The maximum atomic E-state index is 3.48. The van der Waals surface area contributed by atoms with E-state index in [0.717, 1.165) is 19.0 Å². The lowest BCUT2D eigenvalue weighted by Crippen LogP contribution is -2.19. The van der Waals surface area contributed by atoms with Crippen LogP contribution in [0, 0.1) is 5.92 Å². The van der Waals surface area contributed by atoms with E-state index >= 15 is 0 Å². The lowest BCUT2D eigenvalue weighted by Gasteiger charge is -2.12. The Bertz CT molecular complexity index is 333. The molecule has 2 unspecified atom stereocenters. The predicted molar refractivity (Wildman–Crippen MR) is 68.1 cm³/mol. The molecule has 0 radical (unpaired) electrons. The summed E-state index contributed by atoms with van der Waals surface area (Å²) in [5.74, 6) is 0.818. The predicted octanol–water partition coefficient (Wildman–Crippen LogP) is 3.34. The van der Waals surface area contributed by atoms with Crippen molar-refractivity contribution < 1.29 is 0 Å². The van der Waals surface area contributed by atoms with E-state index in [1.165, 1.54) is 16.5 Å². The van der Waals surface area contributed by atoms with Gasteiger partial charge in [-0.25, -0.2) is 0 Å². The summed E-state index contributed by atoms with van der Waals surface area (Å²) in [6.45, 7) is 6.77. The first-order valence-corrected chi connectivity index (χ1v) is 6.43. The minimum atomic E-state index is 0.420. The zero-order valence-corrected chi connectivity index (χ0v) is 11.0. The van der Waals surface area contributed by atoms with Crippen molar-refractivity contribution in [2.75, 3.05) is 13.1 Å². The average molecular weight is 268 g/mol. The molecule has 0 amide bonds. The average Bonchev–Trinajstić information content (AvgIpc) is 2.89. The molecule has 15 heavy (non-hydrogen) atoms. The monoisotopic (exact) mass is 267 g/mol. The molecule has 1 N–H and O–H groups in total. The van der Waals surface area contributed by atoms with Crippen molar-refractivity contribution in [2.24, 2.45) is 5.92 Å². The van der Waals surface area contributed by atoms with Crippen LogP contribution in [0.1, 0.15) is 25.8 Å². The number of rotatable bonds is 4. The highest BCUT2D eigenvalue weighted by Crippen LogP contribution is 2.53. The highest BCUT2D eigenvalue weighted by atomic mass is 79.9. The van der Waals surface area contributed by atoms with E-state index in [4.69, 9.17) is 0 Å². The van der Waals surface area contributed by atoms with Crippen molar-refractivity contribution in [3.63, 3.8) is 0 Å². The molecule has 0 saturated heterocycles. The molecule has 0 spiro atoms. The first-order chi connectivity index (χ1) is 7.16.